The van der Waals surface area contributed by atoms with E-state index in [0.717, 1.165) is 24.3 Å². The summed E-state index contributed by atoms with van der Waals surface area (Å²) in [5.41, 5.74) is -2.30. The number of rotatable bonds is 6. The van der Waals surface area contributed by atoms with Crippen LogP contribution in [0.5, 0.6) is 0 Å². The zero-order valence-corrected chi connectivity index (χ0v) is 17.7. The molecule has 1 atom stereocenters. The predicted octanol–water partition coefficient (Wildman–Crippen LogP) is 2.03. The highest BCUT2D eigenvalue weighted by Crippen LogP contribution is 2.32. The Bertz CT molecular complexity index is 1600. The Balaban J connectivity index is 1.52. The maximum absolute atomic E-state index is 15.4. The molecule has 178 valence electrons. The number of hydrogen-bond donors (Lipinski definition) is 2. The molecule has 0 spiro atoms. The highest BCUT2D eigenvalue weighted by molar-refractivity contribution is 6.06. The van der Waals surface area contributed by atoms with Crippen LogP contribution < -0.4 is 10.6 Å². The summed E-state index contributed by atoms with van der Waals surface area (Å²) in [7, 11) is 0. The van der Waals surface area contributed by atoms with Crippen molar-refractivity contribution in [3.8, 4) is 0 Å². The highest BCUT2D eigenvalue weighted by Gasteiger charge is 2.39. The van der Waals surface area contributed by atoms with Gasteiger partial charge in [-0.25, -0.2) is 4.39 Å². The minimum Gasteiger partial charge on any atom is -0.381 e. The number of fused-ring (bicyclic) bond motifs is 1. The minimum absolute atomic E-state index is 0.0845. The summed E-state index contributed by atoms with van der Waals surface area (Å²) < 4.78 is 113. The third-order valence-electron chi connectivity index (χ3n) is 5.28. The second-order valence-corrected chi connectivity index (χ2v) is 7.52. The molecule has 5 rings (SSSR count). The number of morpholine rings is 1. The van der Waals surface area contributed by atoms with Crippen LogP contribution in [-0.2, 0) is 33.8 Å². The van der Waals surface area contributed by atoms with E-state index in [4.69, 9.17) is 19.8 Å². The van der Waals surface area contributed by atoms with Crippen molar-refractivity contribution < 1.29 is 38.6 Å². The fraction of sp³-hybridized carbons (Fsp3) is 0.400. The zero-order chi connectivity index (χ0) is 33.5. The average molecular weight is 478 g/mol. The Morgan fingerprint density at radius 1 is 1.24 bits per heavy atom. The van der Waals surface area contributed by atoms with Gasteiger partial charge < -0.3 is 15.0 Å². The number of anilines is 1. The molecule has 0 aromatic heterocycles. The first-order chi connectivity index (χ1) is 20.6. The Morgan fingerprint density at radius 3 is 2.85 bits per heavy atom. The van der Waals surface area contributed by atoms with Gasteiger partial charge in [0.25, 0.3) is 5.91 Å². The molecule has 3 aliphatic heterocycles. The number of piperidine rings is 1. The molecule has 2 aromatic carbocycles. The van der Waals surface area contributed by atoms with Crippen molar-refractivity contribution in [2.75, 3.05) is 31.6 Å². The lowest BCUT2D eigenvalue weighted by Gasteiger charge is -2.29. The number of ether oxygens (including phenoxy) is 1. The van der Waals surface area contributed by atoms with Gasteiger partial charge in [0.05, 0.1) is 20.1 Å². The molecule has 2 saturated heterocycles. The average Bonchev–Trinajstić information content (AvgIpc) is 3.17. The summed E-state index contributed by atoms with van der Waals surface area (Å²) >= 11 is 0. The molecule has 2 aromatic rings. The molecule has 2 N–H and O–H groups in total. The van der Waals surface area contributed by atoms with E-state index in [2.05, 4.69) is 5.32 Å². The van der Waals surface area contributed by atoms with Gasteiger partial charge >= 0.3 is 0 Å². The lowest BCUT2D eigenvalue weighted by molar-refractivity contribution is -0.136. The Morgan fingerprint density at radius 2 is 2.06 bits per heavy atom. The Hall–Kier alpha value is -3.30. The van der Waals surface area contributed by atoms with Gasteiger partial charge in [-0.3, -0.25) is 24.6 Å². The molecular weight excluding hydrogens is 439 g/mol. The van der Waals surface area contributed by atoms with Gasteiger partial charge in [0.1, 0.15) is 11.8 Å². The zero-order valence-electron chi connectivity index (χ0n) is 28.7. The maximum atomic E-state index is 15.4. The van der Waals surface area contributed by atoms with E-state index in [1.165, 1.54) is 22.3 Å². The number of nitrogens with one attached hydrogen (secondary N) is 2. The molecule has 0 aliphatic carbocycles. The van der Waals surface area contributed by atoms with Crippen LogP contribution in [0.1, 0.15) is 54.9 Å². The van der Waals surface area contributed by atoms with Crippen LogP contribution >= 0.6 is 0 Å². The maximum Gasteiger partial charge on any atom is 0.255 e. The first-order valence-corrected chi connectivity index (χ1v) is 10.4. The summed E-state index contributed by atoms with van der Waals surface area (Å²) in [4.78, 5) is 39.8. The van der Waals surface area contributed by atoms with Crippen molar-refractivity contribution in [2.45, 2.75) is 38.3 Å². The number of amides is 3. The summed E-state index contributed by atoms with van der Waals surface area (Å²) in [6.07, 6.45) is -7.31. The molecule has 0 saturated carbocycles. The third-order valence-corrected chi connectivity index (χ3v) is 5.28. The molecular formula is C25H27FN4O4. The van der Waals surface area contributed by atoms with Gasteiger partial charge in [-0.05, 0) is 30.1 Å². The van der Waals surface area contributed by atoms with Crippen LogP contribution in [0.15, 0.2) is 36.4 Å². The normalized spacial score (nSPS) is 33.1. The van der Waals surface area contributed by atoms with Gasteiger partial charge in [-0.2, -0.15) is 0 Å². The van der Waals surface area contributed by atoms with E-state index in [9.17, 15) is 14.4 Å². The van der Waals surface area contributed by atoms with Crippen LogP contribution in [0.4, 0.5) is 10.1 Å². The molecule has 0 bridgehead atoms. The first-order valence-electron chi connectivity index (χ1n) is 15.9. The molecule has 3 aliphatic rings. The van der Waals surface area contributed by atoms with Gasteiger partial charge in [-0.1, -0.05) is 18.2 Å². The predicted molar refractivity (Wildman–Crippen MR) is 122 cm³/mol. The molecule has 9 heteroatoms. The number of carbonyl (C=O) groups excluding carboxylic acids is 3. The number of carbonyl (C=O) groups is 3. The van der Waals surface area contributed by atoms with Crippen molar-refractivity contribution in [3.05, 3.63) is 64.5 Å². The fourth-order valence-electron chi connectivity index (χ4n) is 3.60. The molecule has 0 radical (unpaired) electrons. The standard InChI is InChI=1S/C25H27FN4O4/c26-20-12-16(14-29-8-10-34-11-9-29)4-5-17(20)13-27-21-3-1-2-18-19(21)15-30(25(18)33)22-6-7-23(31)28-24(22)32/h1-5,12,22,27H,6-11,13-15H2,(H,28,31,32)/i6D2,7D2,13D2,14D2,15D2,22D. The van der Waals surface area contributed by atoms with E-state index in [-0.39, 0.29) is 36.8 Å². The van der Waals surface area contributed by atoms with E-state index >= 15 is 4.39 Å². The molecule has 1 unspecified atom stereocenters. The van der Waals surface area contributed by atoms with Crippen LogP contribution in [0, 0.1) is 5.82 Å². The SMILES string of the molecule is [2H]C([2H])(Nc1cccc2c1C([2H])([2H])N(C1([2H])C(=O)NC(=O)C([2H])([2H])C1([2H])[2H])C2=O)c1ccc(C([2H])([2H])N2CCOCC2)cc1F. The summed E-state index contributed by atoms with van der Waals surface area (Å²) in [6, 6.07) is 2.80. The first kappa shape index (κ1) is 13.0. The van der Waals surface area contributed by atoms with Crippen molar-refractivity contribution in [2.24, 2.45) is 0 Å². The second kappa shape index (κ2) is 9.52. The van der Waals surface area contributed by atoms with Crippen molar-refractivity contribution in [1.29, 1.82) is 0 Å². The van der Waals surface area contributed by atoms with E-state index in [0.29, 0.717) is 0 Å². The van der Waals surface area contributed by atoms with E-state index in [1.54, 1.807) is 0 Å². The number of hydrogen-bond acceptors (Lipinski definition) is 6. The molecule has 3 amide bonds. The van der Waals surface area contributed by atoms with E-state index in [1.807, 2.05) is 0 Å². The number of imide groups is 1. The monoisotopic (exact) mass is 477 g/mol. The topological polar surface area (TPSA) is 91.0 Å². The van der Waals surface area contributed by atoms with Crippen LogP contribution in [0.3, 0.4) is 0 Å². The Labute approximate surface area is 212 Å². The van der Waals surface area contributed by atoms with Gasteiger partial charge in [-0.15, -0.1) is 0 Å². The number of benzene rings is 2. The van der Waals surface area contributed by atoms with Crippen molar-refractivity contribution >= 4 is 23.4 Å². The van der Waals surface area contributed by atoms with E-state index < -0.39 is 84.2 Å². The minimum atomic E-state index is -3.76. The lowest BCUT2D eigenvalue weighted by Crippen LogP contribution is -2.52. The molecule has 8 nitrogen and oxygen atoms in total. The summed E-state index contributed by atoms with van der Waals surface area (Å²) in [6.45, 7) is -7.13. The van der Waals surface area contributed by atoms with Gasteiger partial charge in [0.2, 0.25) is 11.8 Å². The summed E-state index contributed by atoms with van der Waals surface area (Å²) in [5, 5.41) is 3.83. The van der Waals surface area contributed by atoms with Crippen LogP contribution in [0.25, 0.3) is 0 Å². The van der Waals surface area contributed by atoms with Gasteiger partial charge in [0, 0.05) is 69.6 Å². The second-order valence-electron chi connectivity index (χ2n) is 7.52. The highest BCUT2D eigenvalue weighted by atomic mass is 19.1. The number of halogens is 1. The Kier molecular flexibility index (Phi) is 3.63. The van der Waals surface area contributed by atoms with Crippen molar-refractivity contribution in [1.82, 2.24) is 15.1 Å². The summed E-state index contributed by atoms with van der Waals surface area (Å²) in [5.74, 6) is -6.06. The lowest BCUT2D eigenvalue weighted by atomic mass is 10.0. The molecule has 2 fully saturated rings. The van der Waals surface area contributed by atoms with Crippen LogP contribution in [0.2, 0.25) is 0 Å². The smallest absolute Gasteiger partial charge is 0.255 e. The third kappa shape index (κ3) is 4.53. The quantitative estimate of drug-likeness (QED) is 0.619. The largest absolute Gasteiger partial charge is 0.381 e. The fourth-order valence-corrected chi connectivity index (χ4v) is 3.60. The molecule has 3 heterocycles. The van der Waals surface area contributed by atoms with Crippen LogP contribution in [-0.4, -0.2) is 59.8 Å². The van der Waals surface area contributed by atoms with Crippen molar-refractivity contribution in [3.63, 3.8) is 0 Å². The number of nitrogens with zero attached hydrogens (tertiary/aromatic N) is 2. The van der Waals surface area contributed by atoms with Gasteiger partial charge in [0.15, 0.2) is 0 Å². The molecule has 34 heavy (non-hydrogen) atoms.